The van der Waals surface area contributed by atoms with Crippen molar-refractivity contribution >= 4 is 5.97 Å². The molecule has 1 aliphatic rings. The highest BCUT2D eigenvalue weighted by Crippen LogP contribution is 2.25. The van der Waals surface area contributed by atoms with Gasteiger partial charge >= 0.3 is 5.97 Å². The van der Waals surface area contributed by atoms with Gasteiger partial charge in [0.05, 0.1) is 13.2 Å². The van der Waals surface area contributed by atoms with E-state index in [2.05, 4.69) is 0 Å². The molecule has 0 unspecified atom stereocenters. The van der Waals surface area contributed by atoms with E-state index >= 15 is 0 Å². The number of hydrogen-bond acceptors (Lipinski definition) is 3. The lowest BCUT2D eigenvalue weighted by atomic mass is 10.1. The van der Waals surface area contributed by atoms with Crippen molar-refractivity contribution in [3.63, 3.8) is 0 Å². The number of carboxylic acids is 1. The molecule has 0 aromatic rings. The highest BCUT2D eigenvalue weighted by molar-refractivity contribution is 5.66. The quantitative estimate of drug-likeness (QED) is 0.651. The van der Waals surface area contributed by atoms with Crippen molar-refractivity contribution in [3.05, 3.63) is 0 Å². The van der Waals surface area contributed by atoms with Crippen LogP contribution in [0.1, 0.15) is 51.9 Å². The SMILES string of the molecule is CC1(CCCCCCCC(=O)O)OCCO1. The Bertz CT molecular complexity index is 209. The lowest BCUT2D eigenvalue weighted by molar-refractivity contribution is -0.147. The highest BCUT2D eigenvalue weighted by Gasteiger charge is 2.29. The monoisotopic (exact) mass is 230 g/mol. The van der Waals surface area contributed by atoms with Crippen LogP contribution in [0.5, 0.6) is 0 Å². The van der Waals surface area contributed by atoms with Gasteiger partial charge in [-0.3, -0.25) is 4.79 Å². The van der Waals surface area contributed by atoms with Crippen LogP contribution in [0.15, 0.2) is 0 Å². The van der Waals surface area contributed by atoms with Gasteiger partial charge in [-0.25, -0.2) is 0 Å². The van der Waals surface area contributed by atoms with E-state index in [0.29, 0.717) is 19.6 Å². The molecule has 1 heterocycles. The minimum absolute atomic E-state index is 0.296. The maximum Gasteiger partial charge on any atom is 0.303 e. The van der Waals surface area contributed by atoms with Gasteiger partial charge in [0, 0.05) is 12.8 Å². The molecule has 4 nitrogen and oxygen atoms in total. The lowest BCUT2D eigenvalue weighted by Gasteiger charge is -2.21. The summed E-state index contributed by atoms with van der Waals surface area (Å²) < 4.78 is 11.0. The second-order valence-corrected chi connectivity index (χ2v) is 4.49. The van der Waals surface area contributed by atoms with Crippen molar-refractivity contribution in [3.8, 4) is 0 Å². The summed E-state index contributed by atoms with van der Waals surface area (Å²) in [5.74, 6) is -1.05. The highest BCUT2D eigenvalue weighted by atomic mass is 16.7. The molecule has 1 N–H and O–H groups in total. The molecule has 0 atom stereocenters. The number of hydrogen-bond donors (Lipinski definition) is 1. The van der Waals surface area contributed by atoms with Gasteiger partial charge in [0.2, 0.25) is 0 Å². The molecule has 1 fully saturated rings. The summed E-state index contributed by atoms with van der Waals surface area (Å²) in [7, 11) is 0. The average molecular weight is 230 g/mol. The molecule has 1 saturated heterocycles. The third-order valence-electron chi connectivity index (χ3n) is 2.92. The van der Waals surface area contributed by atoms with Crippen LogP contribution in [0, 0.1) is 0 Å². The van der Waals surface area contributed by atoms with Crippen LogP contribution >= 0.6 is 0 Å². The van der Waals surface area contributed by atoms with Gasteiger partial charge in [0.1, 0.15) is 0 Å². The first-order valence-corrected chi connectivity index (χ1v) is 6.12. The van der Waals surface area contributed by atoms with Gasteiger partial charge in [0.25, 0.3) is 0 Å². The molecule has 0 aromatic heterocycles. The molecule has 94 valence electrons. The van der Waals surface area contributed by atoms with Crippen molar-refractivity contribution in [2.24, 2.45) is 0 Å². The Labute approximate surface area is 96.9 Å². The van der Waals surface area contributed by atoms with Gasteiger partial charge < -0.3 is 14.6 Å². The summed E-state index contributed by atoms with van der Waals surface area (Å²) >= 11 is 0. The van der Waals surface area contributed by atoms with Crippen molar-refractivity contribution in [2.45, 2.75) is 57.7 Å². The summed E-state index contributed by atoms with van der Waals surface area (Å²) in [6.07, 6.45) is 6.34. The fourth-order valence-electron chi connectivity index (χ4n) is 1.95. The van der Waals surface area contributed by atoms with Gasteiger partial charge in [-0.1, -0.05) is 19.3 Å². The fraction of sp³-hybridized carbons (Fsp3) is 0.917. The summed E-state index contributed by atoms with van der Waals surface area (Å²) in [5.41, 5.74) is 0. The standard InChI is InChI=1S/C12H22O4/c1-12(15-9-10-16-12)8-6-4-2-3-5-7-11(13)14/h2-10H2,1H3,(H,13,14). The number of unbranched alkanes of at least 4 members (excludes halogenated alkanes) is 4. The number of carboxylic acid groups (broad SMARTS) is 1. The van der Waals surface area contributed by atoms with E-state index in [4.69, 9.17) is 14.6 Å². The predicted octanol–water partition coefficient (Wildman–Crippen LogP) is 2.56. The van der Waals surface area contributed by atoms with Crippen LogP contribution < -0.4 is 0 Å². The Morgan fingerprint density at radius 1 is 1.12 bits per heavy atom. The van der Waals surface area contributed by atoms with Crippen molar-refractivity contribution in [1.29, 1.82) is 0 Å². The van der Waals surface area contributed by atoms with E-state index in [0.717, 1.165) is 38.5 Å². The van der Waals surface area contributed by atoms with Crippen molar-refractivity contribution in [2.75, 3.05) is 13.2 Å². The zero-order valence-corrected chi connectivity index (χ0v) is 10.0. The van der Waals surface area contributed by atoms with E-state index < -0.39 is 5.97 Å². The summed E-state index contributed by atoms with van der Waals surface area (Å²) in [5, 5.41) is 8.46. The second-order valence-electron chi connectivity index (χ2n) is 4.49. The molecule has 0 radical (unpaired) electrons. The van der Waals surface area contributed by atoms with Crippen LogP contribution in [0.4, 0.5) is 0 Å². The van der Waals surface area contributed by atoms with Gasteiger partial charge in [0.15, 0.2) is 5.79 Å². The first-order valence-electron chi connectivity index (χ1n) is 6.12. The second kappa shape index (κ2) is 6.86. The van der Waals surface area contributed by atoms with E-state index in [1.54, 1.807) is 0 Å². The topological polar surface area (TPSA) is 55.8 Å². The van der Waals surface area contributed by atoms with E-state index in [1.165, 1.54) is 0 Å². The summed E-state index contributed by atoms with van der Waals surface area (Å²) in [6.45, 7) is 3.40. The maximum absolute atomic E-state index is 10.3. The summed E-state index contributed by atoms with van der Waals surface area (Å²) in [6, 6.07) is 0. The number of carbonyl (C=O) groups is 1. The number of aliphatic carboxylic acids is 1. The molecular formula is C12H22O4. The third kappa shape index (κ3) is 5.47. The van der Waals surface area contributed by atoms with Crippen LogP contribution in [0.3, 0.4) is 0 Å². The molecule has 0 spiro atoms. The Kier molecular flexibility index (Phi) is 5.77. The van der Waals surface area contributed by atoms with Crippen LogP contribution in [-0.2, 0) is 14.3 Å². The van der Waals surface area contributed by atoms with Gasteiger partial charge in [-0.05, 0) is 19.8 Å². The molecule has 0 amide bonds. The minimum Gasteiger partial charge on any atom is -0.481 e. The molecule has 1 rings (SSSR count). The molecule has 0 saturated carbocycles. The lowest BCUT2D eigenvalue weighted by Crippen LogP contribution is -2.24. The first-order chi connectivity index (χ1) is 7.62. The molecular weight excluding hydrogens is 208 g/mol. The zero-order valence-electron chi connectivity index (χ0n) is 10.0. The molecule has 16 heavy (non-hydrogen) atoms. The van der Waals surface area contributed by atoms with Gasteiger partial charge in [-0.2, -0.15) is 0 Å². The van der Waals surface area contributed by atoms with Crippen LogP contribution in [-0.4, -0.2) is 30.1 Å². The predicted molar refractivity (Wildman–Crippen MR) is 60.3 cm³/mol. The molecule has 0 bridgehead atoms. The van der Waals surface area contributed by atoms with E-state index in [1.807, 2.05) is 6.92 Å². The molecule has 0 aliphatic carbocycles. The van der Waals surface area contributed by atoms with E-state index in [-0.39, 0.29) is 5.79 Å². The van der Waals surface area contributed by atoms with Crippen LogP contribution in [0.2, 0.25) is 0 Å². The smallest absolute Gasteiger partial charge is 0.303 e. The Morgan fingerprint density at radius 2 is 1.69 bits per heavy atom. The zero-order chi connectivity index (χ0) is 11.9. The largest absolute Gasteiger partial charge is 0.481 e. The third-order valence-corrected chi connectivity index (χ3v) is 2.92. The normalized spacial score (nSPS) is 18.8. The average Bonchev–Trinajstić information content (AvgIpc) is 2.64. The van der Waals surface area contributed by atoms with Gasteiger partial charge in [-0.15, -0.1) is 0 Å². The van der Waals surface area contributed by atoms with E-state index in [9.17, 15) is 4.79 Å². The molecule has 0 aromatic carbocycles. The van der Waals surface area contributed by atoms with Crippen molar-refractivity contribution < 1.29 is 19.4 Å². The number of ether oxygens (including phenoxy) is 2. The first kappa shape index (κ1) is 13.5. The number of rotatable bonds is 8. The maximum atomic E-state index is 10.3. The summed E-state index contributed by atoms with van der Waals surface area (Å²) in [4.78, 5) is 10.3. The Morgan fingerprint density at radius 3 is 2.31 bits per heavy atom. The van der Waals surface area contributed by atoms with Crippen LogP contribution in [0.25, 0.3) is 0 Å². The Balaban J connectivity index is 1.90. The van der Waals surface area contributed by atoms with Crippen molar-refractivity contribution in [1.82, 2.24) is 0 Å². The minimum atomic E-state index is -0.694. The molecule has 4 heteroatoms. The Hall–Kier alpha value is -0.610. The fourth-order valence-corrected chi connectivity index (χ4v) is 1.95. The molecule has 1 aliphatic heterocycles.